The van der Waals surface area contributed by atoms with Crippen molar-refractivity contribution in [2.45, 2.75) is 52.2 Å². The second-order valence-electron chi connectivity index (χ2n) is 7.42. The summed E-state index contributed by atoms with van der Waals surface area (Å²) >= 11 is 1.70. The smallest absolute Gasteiger partial charge is 0.410 e. The predicted octanol–water partition coefficient (Wildman–Crippen LogP) is 3.78. The summed E-state index contributed by atoms with van der Waals surface area (Å²) in [5, 5.41) is 3.16. The molecule has 130 valence electrons. The van der Waals surface area contributed by atoms with Gasteiger partial charge >= 0.3 is 6.09 Å². The Morgan fingerprint density at radius 2 is 2.30 bits per heavy atom. The first-order valence-electron chi connectivity index (χ1n) is 8.34. The molecular weight excluding hydrogens is 310 g/mol. The Morgan fingerprint density at radius 3 is 2.91 bits per heavy atom. The van der Waals surface area contributed by atoms with Gasteiger partial charge in [0.1, 0.15) is 10.6 Å². The Balaban J connectivity index is 1.87. The van der Waals surface area contributed by atoms with Crippen molar-refractivity contribution in [2.24, 2.45) is 5.92 Å². The Hall–Kier alpha value is -1.14. The number of nitrogens with zero attached hydrogens (tertiary/aromatic N) is 3. The van der Waals surface area contributed by atoms with E-state index in [1.807, 2.05) is 37.2 Å². The molecule has 6 heteroatoms. The molecule has 0 aliphatic carbocycles. The summed E-state index contributed by atoms with van der Waals surface area (Å²) < 4.78 is 5.50. The van der Waals surface area contributed by atoms with E-state index in [0.29, 0.717) is 12.0 Å². The number of carbonyl (C=O) groups excluding carboxylic acids is 1. The van der Waals surface area contributed by atoms with E-state index in [9.17, 15) is 4.79 Å². The first-order chi connectivity index (χ1) is 10.8. The van der Waals surface area contributed by atoms with Crippen LogP contribution in [0.5, 0.6) is 0 Å². The summed E-state index contributed by atoms with van der Waals surface area (Å²) in [6, 6.07) is 0.312. The van der Waals surface area contributed by atoms with Crippen molar-refractivity contribution < 1.29 is 9.53 Å². The fourth-order valence-corrected chi connectivity index (χ4v) is 3.66. The first kappa shape index (κ1) is 18.2. The van der Waals surface area contributed by atoms with Crippen LogP contribution in [0.1, 0.15) is 51.6 Å². The SMILES string of the molecule is CC(c1nccs1)N(C)CC1CCCN(C(=O)OC(C)(C)C)C1. The number of amides is 1. The normalized spacial score (nSPS) is 20.6. The monoisotopic (exact) mass is 339 g/mol. The number of thiazole rings is 1. The molecule has 0 saturated carbocycles. The van der Waals surface area contributed by atoms with Crippen molar-refractivity contribution >= 4 is 17.4 Å². The Kier molecular flexibility index (Phi) is 6.03. The molecule has 2 unspecified atom stereocenters. The minimum Gasteiger partial charge on any atom is -0.444 e. The van der Waals surface area contributed by atoms with Crippen molar-refractivity contribution in [1.82, 2.24) is 14.8 Å². The molecular formula is C17H29N3O2S. The highest BCUT2D eigenvalue weighted by atomic mass is 32.1. The van der Waals surface area contributed by atoms with Crippen molar-refractivity contribution in [3.8, 4) is 0 Å². The third-order valence-corrected chi connectivity index (χ3v) is 5.13. The molecule has 0 bridgehead atoms. The van der Waals surface area contributed by atoms with E-state index in [1.165, 1.54) is 0 Å². The van der Waals surface area contributed by atoms with E-state index in [0.717, 1.165) is 37.5 Å². The number of piperidine rings is 1. The molecule has 5 nitrogen and oxygen atoms in total. The van der Waals surface area contributed by atoms with E-state index in [4.69, 9.17) is 4.74 Å². The topological polar surface area (TPSA) is 45.7 Å². The van der Waals surface area contributed by atoms with E-state index < -0.39 is 5.60 Å². The number of hydrogen-bond acceptors (Lipinski definition) is 5. The lowest BCUT2D eigenvalue weighted by Crippen LogP contribution is -2.45. The second kappa shape index (κ2) is 7.62. The van der Waals surface area contributed by atoms with E-state index in [1.54, 1.807) is 11.3 Å². The summed E-state index contributed by atoms with van der Waals surface area (Å²) in [5.74, 6) is 0.490. The number of carbonyl (C=O) groups is 1. The van der Waals surface area contributed by atoms with Gasteiger partial charge in [-0.1, -0.05) is 0 Å². The first-order valence-corrected chi connectivity index (χ1v) is 9.22. The maximum atomic E-state index is 12.2. The lowest BCUT2D eigenvalue weighted by molar-refractivity contribution is 0.0142. The molecule has 0 N–H and O–H groups in total. The van der Waals surface area contributed by atoms with Gasteiger partial charge in [0.05, 0.1) is 6.04 Å². The van der Waals surface area contributed by atoms with Gasteiger partial charge in [0, 0.05) is 31.2 Å². The third kappa shape index (κ3) is 5.46. The largest absolute Gasteiger partial charge is 0.444 e. The quantitative estimate of drug-likeness (QED) is 0.837. The van der Waals surface area contributed by atoms with Gasteiger partial charge in [0.15, 0.2) is 0 Å². The summed E-state index contributed by atoms with van der Waals surface area (Å²) in [7, 11) is 2.14. The van der Waals surface area contributed by atoms with Crippen molar-refractivity contribution in [1.29, 1.82) is 0 Å². The van der Waals surface area contributed by atoms with Gasteiger partial charge in [-0.05, 0) is 53.5 Å². The Morgan fingerprint density at radius 1 is 1.57 bits per heavy atom. The van der Waals surface area contributed by atoms with Crippen LogP contribution in [0.3, 0.4) is 0 Å². The molecule has 1 aromatic rings. The molecule has 0 radical (unpaired) electrons. The van der Waals surface area contributed by atoms with Crippen LogP contribution in [-0.2, 0) is 4.74 Å². The average Bonchev–Trinajstić information content (AvgIpc) is 2.99. The zero-order valence-electron chi connectivity index (χ0n) is 14.9. The van der Waals surface area contributed by atoms with Crippen LogP contribution in [0.2, 0.25) is 0 Å². The molecule has 23 heavy (non-hydrogen) atoms. The van der Waals surface area contributed by atoms with E-state index >= 15 is 0 Å². The number of ether oxygens (including phenoxy) is 1. The van der Waals surface area contributed by atoms with Gasteiger partial charge in [-0.3, -0.25) is 4.90 Å². The Bertz CT molecular complexity index is 498. The maximum absolute atomic E-state index is 12.2. The molecule has 1 fully saturated rings. The van der Waals surface area contributed by atoms with Crippen LogP contribution >= 0.6 is 11.3 Å². The molecule has 1 aliphatic heterocycles. The summed E-state index contributed by atoms with van der Waals surface area (Å²) in [6.45, 7) is 10.5. The molecule has 2 rings (SSSR count). The van der Waals surface area contributed by atoms with E-state index in [2.05, 4.69) is 23.9 Å². The van der Waals surface area contributed by atoms with Gasteiger partial charge < -0.3 is 9.64 Å². The minimum atomic E-state index is -0.430. The van der Waals surface area contributed by atoms with Gasteiger partial charge in [0.25, 0.3) is 0 Å². The molecule has 1 saturated heterocycles. The average molecular weight is 340 g/mol. The third-order valence-electron chi connectivity index (χ3n) is 4.19. The second-order valence-corrected chi connectivity index (χ2v) is 8.35. The number of hydrogen-bond donors (Lipinski definition) is 0. The summed E-state index contributed by atoms with van der Waals surface area (Å²) in [6.07, 6.45) is 3.88. The molecule has 2 heterocycles. The standard InChI is InChI=1S/C17H29N3O2S/c1-13(15-18-8-10-23-15)19(5)11-14-7-6-9-20(12-14)16(21)22-17(2,3)4/h8,10,13-14H,6-7,9,11-12H2,1-5H3. The highest BCUT2D eigenvalue weighted by molar-refractivity contribution is 7.09. The highest BCUT2D eigenvalue weighted by Crippen LogP contribution is 2.25. The van der Waals surface area contributed by atoms with Crippen LogP contribution in [0, 0.1) is 5.92 Å². The zero-order chi connectivity index (χ0) is 17.0. The zero-order valence-corrected chi connectivity index (χ0v) is 15.7. The lowest BCUT2D eigenvalue weighted by Gasteiger charge is -2.36. The van der Waals surface area contributed by atoms with Crippen molar-refractivity contribution in [3.63, 3.8) is 0 Å². The van der Waals surface area contributed by atoms with Crippen LogP contribution < -0.4 is 0 Å². The van der Waals surface area contributed by atoms with Gasteiger partial charge in [-0.15, -0.1) is 11.3 Å². The molecule has 1 amide bonds. The Labute approximate surface area is 143 Å². The predicted molar refractivity (Wildman–Crippen MR) is 93.7 cm³/mol. The minimum absolute atomic E-state index is 0.183. The fraction of sp³-hybridized carbons (Fsp3) is 0.765. The molecule has 0 aromatic carbocycles. The number of aromatic nitrogens is 1. The van der Waals surface area contributed by atoms with Crippen molar-refractivity contribution in [3.05, 3.63) is 16.6 Å². The van der Waals surface area contributed by atoms with Gasteiger partial charge in [-0.2, -0.15) is 0 Å². The van der Waals surface area contributed by atoms with Crippen LogP contribution in [-0.4, -0.2) is 53.2 Å². The lowest BCUT2D eigenvalue weighted by atomic mass is 9.97. The van der Waals surface area contributed by atoms with Gasteiger partial charge in [0.2, 0.25) is 0 Å². The summed E-state index contributed by atoms with van der Waals surface area (Å²) in [5.41, 5.74) is -0.430. The summed E-state index contributed by atoms with van der Waals surface area (Å²) in [4.78, 5) is 20.9. The van der Waals surface area contributed by atoms with E-state index in [-0.39, 0.29) is 6.09 Å². The van der Waals surface area contributed by atoms with Crippen LogP contribution in [0.25, 0.3) is 0 Å². The van der Waals surface area contributed by atoms with Crippen molar-refractivity contribution in [2.75, 3.05) is 26.7 Å². The number of likely N-dealkylation sites (tertiary alicyclic amines) is 1. The highest BCUT2D eigenvalue weighted by Gasteiger charge is 2.29. The number of rotatable bonds is 4. The molecule has 1 aromatic heterocycles. The molecule has 0 spiro atoms. The van der Waals surface area contributed by atoms with Crippen LogP contribution in [0.4, 0.5) is 4.79 Å². The van der Waals surface area contributed by atoms with Crippen LogP contribution in [0.15, 0.2) is 11.6 Å². The fourth-order valence-electron chi connectivity index (χ4n) is 2.90. The molecule has 1 aliphatic rings. The molecule has 2 atom stereocenters. The van der Waals surface area contributed by atoms with Gasteiger partial charge in [-0.25, -0.2) is 9.78 Å². The maximum Gasteiger partial charge on any atom is 0.410 e.